The van der Waals surface area contributed by atoms with Crippen LogP contribution in [0.25, 0.3) is 0 Å². The monoisotopic (exact) mass is 277 g/mol. The minimum atomic E-state index is -0.00775. The van der Waals surface area contributed by atoms with E-state index in [0.717, 1.165) is 36.5 Å². The van der Waals surface area contributed by atoms with Gasteiger partial charge in [0, 0.05) is 5.54 Å². The van der Waals surface area contributed by atoms with Gasteiger partial charge < -0.3 is 10.4 Å². The quantitative estimate of drug-likeness (QED) is 0.712. The van der Waals surface area contributed by atoms with Gasteiger partial charge >= 0.3 is 0 Å². The lowest BCUT2D eigenvalue weighted by Gasteiger charge is -2.60. The molecule has 20 heavy (non-hydrogen) atoms. The first-order valence-corrected chi connectivity index (χ1v) is 8.96. The molecule has 0 aromatic heterocycles. The van der Waals surface area contributed by atoms with Crippen LogP contribution in [0.4, 0.5) is 0 Å². The van der Waals surface area contributed by atoms with E-state index in [2.05, 4.69) is 19.2 Å². The maximum absolute atomic E-state index is 10.0. The first-order chi connectivity index (χ1) is 9.53. The largest absolute Gasteiger partial charge is 0.393 e. The molecular weight excluding hydrogens is 246 g/mol. The summed E-state index contributed by atoms with van der Waals surface area (Å²) < 4.78 is 0. The minimum absolute atomic E-state index is 0.00775. The molecule has 1 heterocycles. The topological polar surface area (TPSA) is 32.3 Å². The van der Waals surface area contributed by atoms with Crippen molar-refractivity contribution >= 4 is 0 Å². The van der Waals surface area contributed by atoms with Gasteiger partial charge in [-0.05, 0) is 93.9 Å². The zero-order valence-electron chi connectivity index (χ0n) is 13.2. The molecule has 0 aromatic carbocycles. The normalized spacial score (nSPS) is 58.6. The average Bonchev–Trinajstić information content (AvgIpc) is 2.81. The molecule has 0 unspecified atom stereocenters. The first-order valence-electron chi connectivity index (χ1n) is 8.96. The third-order valence-corrected chi connectivity index (χ3v) is 8.01. The highest BCUT2D eigenvalue weighted by molar-refractivity contribution is 5.10. The van der Waals surface area contributed by atoms with Crippen LogP contribution in [0, 0.1) is 29.1 Å². The molecule has 4 aliphatic rings. The fourth-order valence-corrected chi connectivity index (χ4v) is 6.82. The Morgan fingerprint density at radius 3 is 2.65 bits per heavy atom. The second-order valence-corrected chi connectivity index (χ2v) is 8.76. The van der Waals surface area contributed by atoms with E-state index in [1.807, 2.05) is 0 Å². The summed E-state index contributed by atoms with van der Waals surface area (Å²) in [7, 11) is 0. The van der Waals surface area contributed by atoms with Crippen molar-refractivity contribution in [2.75, 3.05) is 6.54 Å². The number of nitrogens with one attached hydrogen (secondary N) is 1. The molecule has 114 valence electrons. The van der Waals surface area contributed by atoms with Crippen molar-refractivity contribution in [1.29, 1.82) is 0 Å². The molecule has 0 aromatic rings. The Hall–Kier alpha value is -0.0800. The van der Waals surface area contributed by atoms with Gasteiger partial charge in [0.1, 0.15) is 0 Å². The summed E-state index contributed by atoms with van der Waals surface area (Å²) in [6, 6.07) is 0. The van der Waals surface area contributed by atoms with Crippen molar-refractivity contribution in [3.8, 4) is 0 Å². The predicted octanol–water partition coefficient (Wildman–Crippen LogP) is 3.34. The molecule has 3 saturated carbocycles. The average molecular weight is 277 g/mol. The van der Waals surface area contributed by atoms with Crippen LogP contribution in [0.3, 0.4) is 0 Å². The minimum Gasteiger partial charge on any atom is -0.393 e. The molecule has 1 saturated heterocycles. The molecule has 0 amide bonds. The van der Waals surface area contributed by atoms with Gasteiger partial charge in [0.2, 0.25) is 0 Å². The van der Waals surface area contributed by atoms with Crippen molar-refractivity contribution in [3.63, 3.8) is 0 Å². The summed E-state index contributed by atoms with van der Waals surface area (Å²) in [4.78, 5) is 0. The van der Waals surface area contributed by atoms with Gasteiger partial charge in [0.15, 0.2) is 0 Å². The second kappa shape index (κ2) is 4.46. The van der Waals surface area contributed by atoms with E-state index >= 15 is 0 Å². The lowest BCUT2D eigenvalue weighted by Crippen LogP contribution is -2.57. The van der Waals surface area contributed by atoms with Gasteiger partial charge in [-0.25, -0.2) is 0 Å². The van der Waals surface area contributed by atoms with E-state index in [4.69, 9.17) is 0 Å². The molecule has 4 rings (SSSR count). The molecule has 1 aliphatic heterocycles. The van der Waals surface area contributed by atoms with Crippen molar-refractivity contribution in [1.82, 2.24) is 5.32 Å². The van der Waals surface area contributed by atoms with Crippen LogP contribution < -0.4 is 5.32 Å². The standard InChI is InChI=1S/C18H31NO/c1-17-8-5-13(20)11-12(17)3-4-14-15(17)6-9-18(2)16(14)7-10-19-18/h12-16,19-20H,3-11H2,1-2H3/t12-,13+,14+,15-,16-,17-,18+/m0/s1. The van der Waals surface area contributed by atoms with Gasteiger partial charge in [0.25, 0.3) is 0 Å². The van der Waals surface area contributed by atoms with Crippen LogP contribution in [0.5, 0.6) is 0 Å². The van der Waals surface area contributed by atoms with E-state index in [1.54, 1.807) is 0 Å². The van der Waals surface area contributed by atoms with Crippen LogP contribution in [-0.2, 0) is 0 Å². The summed E-state index contributed by atoms with van der Waals surface area (Å²) in [5.41, 5.74) is 0.977. The Morgan fingerprint density at radius 1 is 0.950 bits per heavy atom. The van der Waals surface area contributed by atoms with Gasteiger partial charge in [-0.3, -0.25) is 0 Å². The van der Waals surface area contributed by atoms with E-state index in [0.29, 0.717) is 11.0 Å². The number of aliphatic hydroxyl groups is 1. The number of fused-ring (bicyclic) bond motifs is 5. The second-order valence-electron chi connectivity index (χ2n) is 8.76. The molecule has 0 spiro atoms. The Labute approximate surface area is 123 Å². The molecule has 4 fully saturated rings. The summed E-state index contributed by atoms with van der Waals surface area (Å²) >= 11 is 0. The van der Waals surface area contributed by atoms with Crippen LogP contribution in [0.2, 0.25) is 0 Å². The predicted molar refractivity (Wildman–Crippen MR) is 81.4 cm³/mol. The van der Waals surface area contributed by atoms with Crippen LogP contribution in [0.15, 0.2) is 0 Å². The Bertz CT molecular complexity index is 397. The molecule has 0 radical (unpaired) electrons. The zero-order chi connectivity index (χ0) is 14.0. The highest BCUT2D eigenvalue weighted by atomic mass is 16.3. The first kappa shape index (κ1) is 13.6. The Morgan fingerprint density at radius 2 is 1.80 bits per heavy atom. The fraction of sp³-hybridized carbons (Fsp3) is 1.00. The van der Waals surface area contributed by atoms with Gasteiger partial charge in [0.05, 0.1) is 6.10 Å². The third-order valence-electron chi connectivity index (χ3n) is 8.01. The van der Waals surface area contributed by atoms with Crippen LogP contribution in [-0.4, -0.2) is 23.3 Å². The lowest BCUT2D eigenvalue weighted by molar-refractivity contribution is -0.110. The number of aliphatic hydroxyl groups excluding tert-OH is 1. The summed E-state index contributed by atoms with van der Waals surface area (Å²) in [6.45, 7) is 6.30. The molecule has 7 atom stereocenters. The summed E-state index contributed by atoms with van der Waals surface area (Å²) in [5, 5.41) is 13.9. The van der Waals surface area contributed by atoms with Crippen molar-refractivity contribution in [2.24, 2.45) is 29.1 Å². The van der Waals surface area contributed by atoms with E-state index in [1.165, 1.54) is 45.1 Å². The SMILES string of the molecule is C[C@]12CC[C@@H](O)C[C@@H]1CC[C@@H]1[C@@H]2CC[C@@]2(C)NCC[C@@H]12. The van der Waals surface area contributed by atoms with E-state index in [-0.39, 0.29) is 6.10 Å². The molecule has 0 bridgehead atoms. The van der Waals surface area contributed by atoms with Crippen molar-refractivity contribution < 1.29 is 5.11 Å². The van der Waals surface area contributed by atoms with E-state index < -0.39 is 0 Å². The fourth-order valence-electron chi connectivity index (χ4n) is 6.82. The highest BCUT2D eigenvalue weighted by Crippen LogP contribution is 2.62. The maximum Gasteiger partial charge on any atom is 0.0543 e. The van der Waals surface area contributed by atoms with Crippen LogP contribution in [0.1, 0.15) is 65.2 Å². The maximum atomic E-state index is 10.0. The Kier molecular flexibility index (Phi) is 3.03. The molecule has 2 N–H and O–H groups in total. The molecular formula is C18H31NO. The van der Waals surface area contributed by atoms with Gasteiger partial charge in [-0.15, -0.1) is 0 Å². The Balaban J connectivity index is 1.62. The van der Waals surface area contributed by atoms with Crippen LogP contribution >= 0.6 is 0 Å². The van der Waals surface area contributed by atoms with Crippen molar-refractivity contribution in [3.05, 3.63) is 0 Å². The number of rotatable bonds is 0. The number of hydrogen-bond donors (Lipinski definition) is 2. The van der Waals surface area contributed by atoms with Gasteiger partial charge in [-0.1, -0.05) is 6.92 Å². The summed E-state index contributed by atoms with van der Waals surface area (Å²) in [5.74, 6) is 3.61. The highest BCUT2D eigenvalue weighted by Gasteiger charge is 2.57. The molecule has 2 heteroatoms. The number of hydrogen-bond acceptors (Lipinski definition) is 2. The van der Waals surface area contributed by atoms with Gasteiger partial charge in [-0.2, -0.15) is 0 Å². The molecule has 2 nitrogen and oxygen atoms in total. The van der Waals surface area contributed by atoms with Crippen molar-refractivity contribution in [2.45, 2.75) is 76.9 Å². The van der Waals surface area contributed by atoms with E-state index in [9.17, 15) is 5.11 Å². The lowest BCUT2D eigenvalue weighted by atomic mass is 9.46. The smallest absolute Gasteiger partial charge is 0.0543 e. The third kappa shape index (κ3) is 1.76. The zero-order valence-corrected chi connectivity index (χ0v) is 13.2. The summed E-state index contributed by atoms with van der Waals surface area (Å²) in [6.07, 6.45) is 10.4. The molecule has 3 aliphatic carbocycles.